The van der Waals surface area contributed by atoms with Crippen LogP contribution in [-0.4, -0.2) is 31.5 Å². The summed E-state index contributed by atoms with van der Waals surface area (Å²) < 4.78 is 1.31. The number of fused-ring (bicyclic) bond motifs is 1. The van der Waals surface area contributed by atoms with E-state index in [0.29, 0.717) is 18.0 Å². The van der Waals surface area contributed by atoms with Crippen LogP contribution < -0.4 is 5.56 Å². The van der Waals surface area contributed by atoms with Crippen molar-refractivity contribution in [2.75, 3.05) is 7.05 Å². The van der Waals surface area contributed by atoms with E-state index < -0.39 is 0 Å². The zero-order chi connectivity index (χ0) is 14.8. The first-order valence-corrected chi connectivity index (χ1v) is 6.85. The van der Waals surface area contributed by atoms with Crippen LogP contribution in [0.2, 0.25) is 5.02 Å². The molecule has 0 saturated carbocycles. The first-order chi connectivity index (χ1) is 10.1. The van der Waals surface area contributed by atoms with Crippen LogP contribution in [0.4, 0.5) is 0 Å². The zero-order valence-corrected chi connectivity index (χ0v) is 12.2. The van der Waals surface area contributed by atoms with Gasteiger partial charge in [-0.05, 0) is 24.7 Å². The SMILES string of the molecule is CN(Cc1cccc(Cl)c1)Cc1cc(=O)n2[nH]cnc2n1. The van der Waals surface area contributed by atoms with Gasteiger partial charge in [-0.15, -0.1) is 0 Å². The van der Waals surface area contributed by atoms with Crippen LogP contribution in [0.5, 0.6) is 0 Å². The molecule has 2 aromatic heterocycles. The molecule has 3 aromatic rings. The molecule has 0 spiro atoms. The van der Waals surface area contributed by atoms with Crippen LogP contribution in [0.3, 0.4) is 0 Å². The highest BCUT2D eigenvalue weighted by atomic mass is 35.5. The van der Waals surface area contributed by atoms with E-state index >= 15 is 0 Å². The lowest BCUT2D eigenvalue weighted by Gasteiger charge is -2.16. The summed E-state index contributed by atoms with van der Waals surface area (Å²) in [4.78, 5) is 22.3. The zero-order valence-electron chi connectivity index (χ0n) is 11.5. The molecule has 0 atom stereocenters. The Balaban J connectivity index is 1.76. The van der Waals surface area contributed by atoms with Crippen molar-refractivity contribution in [1.82, 2.24) is 24.5 Å². The molecule has 6 nitrogen and oxygen atoms in total. The Labute approximate surface area is 126 Å². The smallest absolute Gasteiger partial charge is 0.274 e. The van der Waals surface area contributed by atoms with E-state index in [9.17, 15) is 4.79 Å². The molecule has 0 aliphatic carbocycles. The number of H-pyrrole nitrogens is 1. The Kier molecular flexibility index (Phi) is 3.72. The quantitative estimate of drug-likeness (QED) is 0.797. The van der Waals surface area contributed by atoms with Crippen molar-refractivity contribution in [3.63, 3.8) is 0 Å². The summed E-state index contributed by atoms with van der Waals surface area (Å²) in [7, 11) is 1.97. The third kappa shape index (κ3) is 3.12. The molecule has 0 aliphatic rings. The molecular weight excluding hydrogens is 290 g/mol. The Morgan fingerprint density at radius 2 is 2.19 bits per heavy atom. The van der Waals surface area contributed by atoms with Crippen LogP contribution in [0.15, 0.2) is 41.5 Å². The van der Waals surface area contributed by atoms with Gasteiger partial charge in [-0.25, -0.2) is 9.97 Å². The first kappa shape index (κ1) is 13.8. The van der Waals surface area contributed by atoms with Gasteiger partial charge in [-0.3, -0.25) is 14.8 Å². The highest BCUT2D eigenvalue weighted by molar-refractivity contribution is 6.30. The topological polar surface area (TPSA) is 66.3 Å². The molecular formula is C14H14ClN5O. The molecule has 21 heavy (non-hydrogen) atoms. The summed E-state index contributed by atoms with van der Waals surface area (Å²) >= 11 is 5.98. The van der Waals surface area contributed by atoms with Crippen molar-refractivity contribution < 1.29 is 0 Å². The van der Waals surface area contributed by atoms with Gasteiger partial charge >= 0.3 is 0 Å². The van der Waals surface area contributed by atoms with E-state index in [1.54, 1.807) is 0 Å². The number of hydrogen-bond acceptors (Lipinski definition) is 4. The van der Waals surface area contributed by atoms with Crippen molar-refractivity contribution in [2.24, 2.45) is 0 Å². The molecule has 0 aliphatic heterocycles. The van der Waals surface area contributed by atoms with Crippen LogP contribution in [-0.2, 0) is 13.1 Å². The number of benzene rings is 1. The summed E-state index contributed by atoms with van der Waals surface area (Å²) in [5.41, 5.74) is 1.64. The van der Waals surface area contributed by atoms with Gasteiger partial charge in [0.15, 0.2) is 0 Å². The van der Waals surface area contributed by atoms with Gasteiger partial charge in [0.2, 0.25) is 0 Å². The van der Waals surface area contributed by atoms with Crippen molar-refractivity contribution in [3.05, 3.63) is 63.3 Å². The lowest BCUT2D eigenvalue weighted by atomic mass is 10.2. The van der Waals surface area contributed by atoms with Gasteiger partial charge in [-0.1, -0.05) is 23.7 Å². The van der Waals surface area contributed by atoms with Crippen molar-refractivity contribution in [3.8, 4) is 0 Å². The first-order valence-electron chi connectivity index (χ1n) is 6.47. The summed E-state index contributed by atoms with van der Waals surface area (Å²) in [6.45, 7) is 1.29. The molecule has 3 rings (SSSR count). The number of halogens is 1. The van der Waals surface area contributed by atoms with Crippen molar-refractivity contribution in [2.45, 2.75) is 13.1 Å². The van der Waals surface area contributed by atoms with Gasteiger partial charge in [0, 0.05) is 24.2 Å². The molecule has 0 unspecified atom stereocenters. The maximum absolute atomic E-state index is 11.9. The normalized spacial score (nSPS) is 11.4. The summed E-state index contributed by atoms with van der Waals surface area (Å²) in [6.07, 6.45) is 1.45. The van der Waals surface area contributed by atoms with Crippen LogP contribution >= 0.6 is 11.6 Å². The number of aromatic nitrogens is 4. The molecule has 0 fully saturated rings. The summed E-state index contributed by atoms with van der Waals surface area (Å²) in [5.74, 6) is 0.383. The lowest BCUT2D eigenvalue weighted by molar-refractivity contribution is 0.315. The van der Waals surface area contributed by atoms with Gasteiger partial charge in [0.05, 0.1) is 5.69 Å². The average Bonchev–Trinajstić information content (AvgIpc) is 2.87. The van der Waals surface area contributed by atoms with Gasteiger partial charge in [0.25, 0.3) is 11.3 Å². The van der Waals surface area contributed by atoms with E-state index in [4.69, 9.17) is 11.6 Å². The van der Waals surface area contributed by atoms with E-state index in [-0.39, 0.29) is 5.56 Å². The fraction of sp³-hybridized carbons (Fsp3) is 0.214. The molecule has 0 bridgehead atoms. The number of aromatic amines is 1. The predicted molar refractivity (Wildman–Crippen MR) is 80.2 cm³/mol. The second-order valence-corrected chi connectivity index (χ2v) is 5.35. The molecule has 0 saturated heterocycles. The Morgan fingerprint density at radius 3 is 3.00 bits per heavy atom. The van der Waals surface area contributed by atoms with Gasteiger partial charge in [0.1, 0.15) is 6.33 Å². The van der Waals surface area contributed by atoms with Crippen LogP contribution in [0.25, 0.3) is 5.78 Å². The van der Waals surface area contributed by atoms with Crippen LogP contribution in [0.1, 0.15) is 11.3 Å². The van der Waals surface area contributed by atoms with E-state index in [1.165, 1.54) is 16.9 Å². The van der Waals surface area contributed by atoms with Crippen molar-refractivity contribution in [1.29, 1.82) is 0 Å². The largest absolute Gasteiger partial charge is 0.296 e. The minimum Gasteiger partial charge on any atom is -0.296 e. The average molecular weight is 304 g/mol. The minimum atomic E-state index is -0.163. The Hall–Kier alpha value is -2.18. The highest BCUT2D eigenvalue weighted by Gasteiger charge is 2.07. The second-order valence-electron chi connectivity index (χ2n) is 4.91. The lowest BCUT2D eigenvalue weighted by Crippen LogP contribution is -2.22. The third-order valence-electron chi connectivity index (χ3n) is 3.09. The molecule has 108 valence electrons. The monoisotopic (exact) mass is 303 g/mol. The van der Waals surface area contributed by atoms with E-state index in [2.05, 4.69) is 20.0 Å². The van der Waals surface area contributed by atoms with E-state index in [0.717, 1.165) is 17.1 Å². The predicted octanol–water partition coefficient (Wildman–Crippen LogP) is 1.70. The number of hydrogen-bond donors (Lipinski definition) is 1. The van der Waals surface area contributed by atoms with Gasteiger partial charge in [-0.2, -0.15) is 4.52 Å². The van der Waals surface area contributed by atoms with Crippen LogP contribution in [0, 0.1) is 0 Å². The summed E-state index contributed by atoms with van der Waals surface area (Å²) in [6, 6.07) is 9.23. The Bertz CT molecular complexity index is 825. The number of nitrogens with one attached hydrogen (secondary N) is 1. The molecule has 7 heteroatoms. The molecule has 2 heterocycles. The number of rotatable bonds is 4. The molecule has 1 N–H and O–H groups in total. The van der Waals surface area contributed by atoms with Crippen molar-refractivity contribution >= 4 is 17.4 Å². The fourth-order valence-electron chi connectivity index (χ4n) is 2.23. The molecule has 0 amide bonds. The minimum absolute atomic E-state index is 0.163. The maximum Gasteiger partial charge on any atom is 0.274 e. The molecule has 0 radical (unpaired) electrons. The molecule has 1 aromatic carbocycles. The third-order valence-corrected chi connectivity index (χ3v) is 3.33. The van der Waals surface area contributed by atoms with E-state index in [1.807, 2.05) is 31.3 Å². The number of nitrogens with zero attached hydrogens (tertiary/aromatic N) is 4. The standard InChI is InChI=1S/C14H14ClN5O/c1-19(7-10-3-2-4-11(15)5-10)8-12-6-13(21)20-14(18-12)16-9-17-20/h2-6,9H,7-8H2,1H3,(H,16,17,18). The summed E-state index contributed by atoms with van der Waals surface area (Å²) in [5, 5.41) is 3.43. The maximum atomic E-state index is 11.9. The second kappa shape index (κ2) is 5.67. The Morgan fingerprint density at radius 1 is 1.33 bits per heavy atom. The highest BCUT2D eigenvalue weighted by Crippen LogP contribution is 2.12. The van der Waals surface area contributed by atoms with Gasteiger partial charge < -0.3 is 0 Å². The fourth-order valence-corrected chi connectivity index (χ4v) is 2.44.